The lowest BCUT2D eigenvalue weighted by Gasteiger charge is -2.39. The molecule has 1 aliphatic rings. The molecule has 0 N–H and O–H groups in total. The highest BCUT2D eigenvalue weighted by molar-refractivity contribution is 6.52. The van der Waals surface area contributed by atoms with Gasteiger partial charge in [0.1, 0.15) is 25.0 Å². The third kappa shape index (κ3) is 5.55. The molecule has 1 aliphatic heterocycles. The van der Waals surface area contributed by atoms with E-state index in [4.69, 9.17) is 23.7 Å². The first-order valence-electron chi connectivity index (χ1n) is 10.8. The van der Waals surface area contributed by atoms with Crippen molar-refractivity contribution in [3.05, 3.63) is 84.2 Å². The van der Waals surface area contributed by atoms with E-state index in [1.165, 1.54) is 26.2 Å². The molecule has 1 saturated heterocycles. The Bertz CT molecular complexity index is 1110. The van der Waals surface area contributed by atoms with E-state index < -0.39 is 17.7 Å². The van der Waals surface area contributed by atoms with Gasteiger partial charge in [-0.15, -0.1) is 0 Å². The van der Waals surface area contributed by atoms with Gasteiger partial charge in [0.2, 0.25) is 11.5 Å². The summed E-state index contributed by atoms with van der Waals surface area (Å²) in [6.45, 7) is 4.26. The number of carbonyl (C=O) groups is 2. The Balaban J connectivity index is 1.97. The minimum absolute atomic E-state index is 0.181. The lowest BCUT2D eigenvalue weighted by molar-refractivity contribution is -0.142. The number of benzene rings is 2. The molecule has 0 radical (unpaired) electrons. The number of Topliss-reactive ketones (excluding diaryl/α,β-unsaturated/α-hetero) is 1. The topological polar surface area (TPSA) is 83.5 Å². The van der Waals surface area contributed by atoms with Crippen LogP contribution >= 0.6 is 0 Å². The molecule has 3 rings (SSSR count). The second kappa shape index (κ2) is 11.9. The van der Waals surface area contributed by atoms with Gasteiger partial charge in [-0.3, -0.25) is 14.5 Å². The van der Waals surface area contributed by atoms with Gasteiger partial charge in [0.05, 0.1) is 27.0 Å². The third-order valence-electron chi connectivity index (χ3n) is 5.37. The molecule has 1 heterocycles. The average molecular weight is 480 g/mol. The predicted octanol–water partition coefficient (Wildman–Crippen LogP) is 3.86. The summed E-state index contributed by atoms with van der Waals surface area (Å²) in [5, 5.41) is 0. The standard InChI is InChI=1S/C27H29NO7/c1-6-10-19(13-21(17-31-2)35-16-18-11-8-7-9-12-18)24-25(29)27(30)28(24)20-14-22(32-3)26(34-5)23(15-20)33-4/h6-15,24H,1,16-17H2,2-5H3/b19-10+,21-13+/t24-/m0/s1. The van der Waals surface area contributed by atoms with E-state index in [1.54, 1.807) is 37.5 Å². The maximum Gasteiger partial charge on any atom is 0.297 e. The zero-order chi connectivity index (χ0) is 25.4. The quantitative estimate of drug-likeness (QED) is 0.198. The summed E-state index contributed by atoms with van der Waals surface area (Å²) in [5.41, 5.74) is 1.94. The molecule has 0 saturated carbocycles. The lowest BCUT2D eigenvalue weighted by Crippen LogP contribution is -2.63. The molecule has 2 aromatic carbocycles. The fourth-order valence-electron chi connectivity index (χ4n) is 3.73. The number of ether oxygens (including phenoxy) is 5. The number of ketones is 1. The second-order valence-electron chi connectivity index (χ2n) is 7.55. The molecule has 8 heteroatoms. The van der Waals surface area contributed by atoms with Gasteiger partial charge in [-0.1, -0.05) is 49.1 Å². The second-order valence-corrected chi connectivity index (χ2v) is 7.55. The van der Waals surface area contributed by atoms with Gasteiger partial charge in [0.25, 0.3) is 5.91 Å². The Labute approximate surface area is 205 Å². The van der Waals surface area contributed by atoms with Crippen molar-refractivity contribution in [3.63, 3.8) is 0 Å². The van der Waals surface area contributed by atoms with Crippen LogP contribution in [-0.4, -0.2) is 52.8 Å². The Morgan fingerprint density at radius 3 is 2.20 bits per heavy atom. The van der Waals surface area contributed by atoms with Gasteiger partial charge >= 0.3 is 0 Å². The smallest absolute Gasteiger partial charge is 0.297 e. The Kier molecular flexibility index (Phi) is 8.69. The van der Waals surface area contributed by atoms with Crippen molar-refractivity contribution < 1.29 is 33.3 Å². The number of hydrogen-bond donors (Lipinski definition) is 0. The lowest BCUT2D eigenvalue weighted by atomic mass is 9.90. The Hall–Kier alpha value is -4.04. The van der Waals surface area contributed by atoms with E-state index in [1.807, 2.05) is 30.3 Å². The van der Waals surface area contributed by atoms with Crippen molar-refractivity contribution in [1.29, 1.82) is 0 Å². The number of β-lactam (4-membered cyclic amide) rings is 1. The number of nitrogens with zero attached hydrogens (tertiary/aromatic N) is 1. The van der Waals surface area contributed by atoms with Gasteiger partial charge in [0, 0.05) is 19.2 Å². The number of amides is 1. The van der Waals surface area contributed by atoms with Crippen LogP contribution in [0.15, 0.2) is 78.6 Å². The van der Waals surface area contributed by atoms with Gasteiger partial charge in [-0.25, -0.2) is 0 Å². The molecule has 2 aromatic rings. The summed E-state index contributed by atoms with van der Waals surface area (Å²) >= 11 is 0. The highest BCUT2D eigenvalue weighted by atomic mass is 16.5. The first kappa shape index (κ1) is 25.6. The molecule has 0 aliphatic carbocycles. The summed E-state index contributed by atoms with van der Waals surface area (Å²) in [5.74, 6) is 0.413. The number of allylic oxidation sites excluding steroid dienone is 2. The third-order valence-corrected chi connectivity index (χ3v) is 5.37. The van der Waals surface area contributed by atoms with Crippen LogP contribution in [0.3, 0.4) is 0 Å². The number of rotatable bonds is 12. The van der Waals surface area contributed by atoms with Crippen LogP contribution in [0.2, 0.25) is 0 Å². The molecule has 0 unspecified atom stereocenters. The van der Waals surface area contributed by atoms with Crippen molar-refractivity contribution in [2.75, 3.05) is 39.9 Å². The van der Waals surface area contributed by atoms with Crippen LogP contribution < -0.4 is 19.1 Å². The van der Waals surface area contributed by atoms with E-state index in [9.17, 15) is 9.59 Å². The molecule has 35 heavy (non-hydrogen) atoms. The van der Waals surface area contributed by atoms with E-state index in [2.05, 4.69) is 6.58 Å². The van der Waals surface area contributed by atoms with E-state index in [0.29, 0.717) is 40.9 Å². The minimum Gasteiger partial charge on any atom is -0.493 e. The van der Waals surface area contributed by atoms with Crippen LogP contribution in [0, 0.1) is 0 Å². The van der Waals surface area contributed by atoms with Gasteiger partial charge < -0.3 is 23.7 Å². The van der Waals surface area contributed by atoms with Gasteiger partial charge in [0.15, 0.2) is 11.5 Å². The summed E-state index contributed by atoms with van der Waals surface area (Å²) in [4.78, 5) is 26.8. The maximum absolute atomic E-state index is 12.8. The molecular formula is C27H29NO7. The zero-order valence-corrected chi connectivity index (χ0v) is 20.3. The Morgan fingerprint density at radius 2 is 1.66 bits per heavy atom. The average Bonchev–Trinajstić information content (AvgIpc) is 2.89. The summed E-state index contributed by atoms with van der Waals surface area (Å²) < 4.78 is 27.4. The molecule has 1 atom stereocenters. The fourth-order valence-corrected chi connectivity index (χ4v) is 3.73. The summed E-state index contributed by atoms with van der Waals surface area (Å²) in [6, 6.07) is 12.0. The summed E-state index contributed by atoms with van der Waals surface area (Å²) in [7, 11) is 6.00. The van der Waals surface area contributed by atoms with Crippen LogP contribution in [0.5, 0.6) is 17.2 Å². The minimum atomic E-state index is -0.879. The van der Waals surface area contributed by atoms with Crippen molar-refractivity contribution >= 4 is 17.4 Å². The SMILES string of the molecule is C=C/C=C(\C=C(/COC)OCc1ccccc1)[C@H]1C(=O)C(=O)N1c1cc(OC)c(OC)c(OC)c1. The van der Waals surface area contributed by atoms with Crippen molar-refractivity contribution in [2.24, 2.45) is 0 Å². The van der Waals surface area contributed by atoms with Crippen LogP contribution in [-0.2, 0) is 25.7 Å². The largest absolute Gasteiger partial charge is 0.493 e. The first-order valence-corrected chi connectivity index (χ1v) is 10.8. The van der Waals surface area contributed by atoms with E-state index in [-0.39, 0.29) is 6.61 Å². The Morgan fingerprint density at radius 1 is 1.00 bits per heavy atom. The molecule has 0 spiro atoms. The predicted molar refractivity (Wildman–Crippen MR) is 132 cm³/mol. The van der Waals surface area contributed by atoms with Crippen molar-refractivity contribution in [1.82, 2.24) is 0 Å². The highest BCUT2D eigenvalue weighted by Crippen LogP contribution is 2.43. The van der Waals surface area contributed by atoms with E-state index >= 15 is 0 Å². The highest BCUT2D eigenvalue weighted by Gasteiger charge is 2.49. The number of methoxy groups -OCH3 is 4. The maximum atomic E-state index is 12.8. The molecule has 1 amide bonds. The normalized spacial score (nSPS) is 16.0. The molecule has 0 bridgehead atoms. The van der Waals surface area contributed by atoms with Crippen LogP contribution in [0.4, 0.5) is 5.69 Å². The zero-order valence-electron chi connectivity index (χ0n) is 20.3. The molecule has 0 aromatic heterocycles. The van der Waals surface area contributed by atoms with E-state index in [0.717, 1.165) is 5.56 Å². The number of anilines is 1. The van der Waals surface area contributed by atoms with Gasteiger partial charge in [-0.05, 0) is 17.2 Å². The number of hydrogen-bond acceptors (Lipinski definition) is 7. The van der Waals surface area contributed by atoms with Crippen LogP contribution in [0.25, 0.3) is 0 Å². The fraction of sp³-hybridized carbons (Fsp3) is 0.259. The van der Waals surface area contributed by atoms with Crippen molar-refractivity contribution in [3.8, 4) is 17.2 Å². The van der Waals surface area contributed by atoms with Gasteiger partial charge in [-0.2, -0.15) is 0 Å². The van der Waals surface area contributed by atoms with Crippen LogP contribution in [0.1, 0.15) is 5.56 Å². The molecular weight excluding hydrogens is 450 g/mol. The monoisotopic (exact) mass is 479 g/mol. The van der Waals surface area contributed by atoms with Crippen molar-refractivity contribution in [2.45, 2.75) is 12.6 Å². The summed E-state index contributed by atoms with van der Waals surface area (Å²) in [6.07, 6.45) is 4.92. The molecule has 8 nitrogen and oxygen atoms in total. The number of carbonyl (C=O) groups excluding carboxylic acids is 2. The molecule has 1 fully saturated rings. The molecule has 184 valence electrons. The first-order chi connectivity index (χ1) is 17.0.